The van der Waals surface area contributed by atoms with Gasteiger partial charge in [-0.05, 0) is 33.7 Å². The number of hydrogen-bond donors (Lipinski definition) is 6. The number of H-pyrrole nitrogens is 3. The number of rotatable bonds is 13. The number of alkyl halides is 3. The molecule has 3 saturated heterocycles. The predicted molar refractivity (Wildman–Crippen MR) is 212 cm³/mol. The van der Waals surface area contributed by atoms with E-state index in [0.29, 0.717) is 12.8 Å². The predicted octanol–water partition coefficient (Wildman–Crippen LogP) is -0.261. The first kappa shape index (κ1) is 50.0. The number of nitrogens with zero attached hydrogens (tertiary/aromatic N) is 5. The standard InChI is InChI=1S/C17H26FN4O5P.C10H13FN2O4.C9H11FN2O5/c1-6-12-15(27-28(21(5)11(2)3)25-10-8-19-4)14(18)16(26-12)22-9-7-13(23)20-17(22)24;1-2-5-8(15)7(11)9(17-5)13-4-3-6(14)12-10(13)16;10-6-7(15)4(3-13)17-8(6)12-2-1-5(14)11-9(12)16/h7,9,11-12,14-16H,6,8,10H2,1-3,5H3,(H,20,23,24);3-5,7-9,15H,2H2,1H3,(H,12,14,16);1-2,4,6-8,13,15H,3H2,(H,11,14,16). The van der Waals surface area contributed by atoms with Crippen molar-refractivity contribution in [3.8, 4) is 0 Å². The lowest BCUT2D eigenvalue weighted by Crippen LogP contribution is -2.37. The fourth-order valence-electron chi connectivity index (χ4n) is 6.25. The van der Waals surface area contributed by atoms with Crippen molar-refractivity contribution in [2.24, 2.45) is 0 Å². The fraction of sp³-hybridized carbons (Fsp3) is 0.639. The molecule has 3 fully saturated rings. The molecule has 0 bridgehead atoms. The van der Waals surface area contributed by atoms with E-state index in [1.54, 1.807) is 6.92 Å². The van der Waals surface area contributed by atoms with Gasteiger partial charge in [0.05, 0.1) is 18.8 Å². The van der Waals surface area contributed by atoms with E-state index in [1.807, 2.05) is 42.5 Å². The highest BCUT2D eigenvalue weighted by Crippen LogP contribution is 2.48. The van der Waals surface area contributed by atoms with Gasteiger partial charge in [-0.2, -0.15) is 0 Å². The van der Waals surface area contributed by atoms with Gasteiger partial charge in [-0.3, -0.25) is 43.0 Å². The van der Waals surface area contributed by atoms with Crippen LogP contribution in [0.5, 0.6) is 0 Å². The Morgan fingerprint density at radius 2 is 1.16 bits per heavy atom. The molecule has 22 nitrogen and oxygen atoms in total. The molecule has 3 aliphatic heterocycles. The highest BCUT2D eigenvalue weighted by molar-refractivity contribution is 7.44. The fourth-order valence-corrected chi connectivity index (χ4v) is 7.72. The second-order valence-corrected chi connectivity index (χ2v) is 15.8. The van der Waals surface area contributed by atoms with Gasteiger partial charge in [0.25, 0.3) is 25.2 Å². The zero-order valence-electron chi connectivity index (χ0n) is 34.2. The summed E-state index contributed by atoms with van der Waals surface area (Å²) in [7, 11) is 0.189. The smallest absolute Gasteiger partial charge is 0.330 e. The van der Waals surface area contributed by atoms with Crippen LogP contribution in [0.4, 0.5) is 13.2 Å². The summed E-state index contributed by atoms with van der Waals surface area (Å²) in [5.74, 6) is 0. The Bertz CT molecular complexity index is 2230. The third-order valence-electron chi connectivity index (χ3n) is 9.84. The summed E-state index contributed by atoms with van der Waals surface area (Å²) < 4.78 is 75.0. The van der Waals surface area contributed by atoms with Gasteiger partial charge in [0, 0.05) is 42.8 Å². The van der Waals surface area contributed by atoms with Crippen LogP contribution in [-0.2, 0) is 23.3 Å². The zero-order valence-corrected chi connectivity index (χ0v) is 35.0. The van der Waals surface area contributed by atoms with Crippen molar-refractivity contribution in [1.82, 2.24) is 33.3 Å². The lowest BCUT2D eigenvalue weighted by atomic mass is 10.1. The van der Waals surface area contributed by atoms with Crippen LogP contribution in [-0.4, -0.2) is 137 Å². The average Bonchev–Trinajstić information content (AvgIpc) is 3.81. The molecule has 26 heteroatoms. The molecule has 6 rings (SSSR count). The second kappa shape index (κ2) is 22.7. The minimum atomic E-state index is -1.85. The number of nitrogens with one attached hydrogen (secondary N) is 3. The molecule has 344 valence electrons. The van der Waals surface area contributed by atoms with Crippen LogP contribution in [0, 0.1) is 6.57 Å². The van der Waals surface area contributed by atoms with Gasteiger partial charge in [0.1, 0.15) is 31.0 Å². The van der Waals surface area contributed by atoms with Crippen molar-refractivity contribution in [2.75, 3.05) is 26.8 Å². The lowest BCUT2D eigenvalue weighted by Gasteiger charge is -2.32. The van der Waals surface area contributed by atoms with E-state index >= 15 is 4.39 Å². The van der Waals surface area contributed by atoms with Gasteiger partial charge in [-0.25, -0.2) is 38.8 Å². The Kier molecular flexibility index (Phi) is 18.3. The minimum Gasteiger partial charge on any atom is -0.394 e. The molecule has 3 aromatic rings. The first-order chi connectivity index (χ1) is 29.4. The third-order valence-corrected chi connectivity index (χ3v) is 11.6. The van der Waals surface area contributed by atoms with Crippen molar-refractivity contribution < 1.29 is 51.7 Å². The van der Waals surface area contributed by atoms with Crippen LogP contribution in [0.2, 0.25) is 0 Å². The van der Waals surface area contributed by atoms with E-state index in [0.717, 1.165) is 44.3 Å². The Morgan fingerprint density at radius 1 is 0.758 bits per heavy atom. The summed E-state index contributed by atoms with van der Waals surface area (Å²) in [5, 5.41) is 27.8. The van der Waals surface area contributed by atoms with Gasteiger partial charge >= 0.3 is 17.1 Å². The molecule has 0 radical (unpaired) electrons. The average molecular weight is 907 g/mol. The quantitative estimate of drug-likeness (QED) is 0.0733. The number of aliphatic hydroxyl groups is 3. The number of aliphatic hydroxyl groups excluding tert-OH is 3. The molecule has 0 aromatic carbocycles. The molecule has 0 spiro atoms. The molecule has 6 heterocycles. The van der Waals surface area contributed by atoms with Gasteiger partial charge in [0.2, 0.25) is 6.54 Å². The summed E-state index contributed by atoms with van der Waals surface area (Å²) in [6, 6.07) is 3.36. The number of ether oxygens (including phenoxy) is 3. The monoisotopic (exact) mass is 906 g/mol. The van der Waals surface area contributed by atoms with E-state index in [-0.39, 0.29) is 19.2 Å². The summed E-state index contributed by atoms with van der Waals surface area (Å²) >= 11 is 0. The minimum absolute atomic E-state index is 0.0807. The first-order valence-corrected chi connectivity index (χ1v) is 20.5. The van der Waals surface area contributed by atoms with E-state index in [9.17, 15) is 47.8 Å². The molecular formula is C36H50F3N8O14P. The highest BCUT2D eigenvalue weighted by Gasteiger charge is 2.49. The van der Waals surface area contributed by atoms with Gasteiger partial charge in [-0.1, -0.05) is 13.8 Å². The van der Waals surface area contributed by atoms with Crippen LogP contribution in [0.3, 0.4) is 0 Å². The second-order valence-electron chi connectivity index (χ2n) is 14.3. The Balaban J connectivity index is 0.000000215. The SMILES string of the molecule is CCC1OC(n2ccc(=O)[nH]c2=O)C(F)C1O.O=c1ccn(C2OC(CO)C(O)C2F)c(=O)[nH]1.[C-]#[N+]CCOP(OC1C(CC)OC(n2ccc(=O)[nH]c2=O)C1F)N(C)C(C)C. The van der Waals surface area contributed by atoms with Crippen molar-refractivity contribution in [1.29, 1.82) is 0 Å². The Morgan fingerprint density at radius 3 is 1.52 bits per heavy atom. The van der Waals surface area contributed by atoms with E-state index < -0.39 is 123 Å². The first-order valence-electron chi connectivity index (χ1n) is 19.3. The molecule has 3 aromatic heterocycles. The van der Waals surface area contributed by atoms with Crippen molar-refractivity contribution >= 4 is 8.53 Å². The summed E-state index contributed by atoms with van der Waals surface area (Å²) in [6.07, 6.45) is -10.6. The Labute approximate surface area is 351 Å². The molecule has 0 aliphatic carbocycles. The summed E-state index contributed by atoms with van der Waals surface area (Å²) in [6.45, 7) is 14.2. The maximum Gasteiger partial charge on any atom is 0.330 e. The number of hydrogen-bond acceptors (Lipinski definition) is 15. The number of aromatic nitrogens is 6. The molecule has 0 amide bonds. The third kappa shape index (κ3) is 11.9. The number of aromatic amines is 3. The molecule has 6 N–H and O–H groups in total. The maximum atomic E-state index is 15.3. The largest absolute Gasteiger partial charge is 0.394 e. The van der Waals surface area contributed by atoms with E-state index in [4.69, 9.17) is 34.9 Å². The highest BCUT2D eigenvalue weighted by atomic mass is 31.2. The normalized spacial score (nSPS) is 29.7. The molecule has 3 aliphatic rings. The molecule has 13 atom stereocenters. The molecular weight excluding hydrogens is 856 g/mol. The zero-order chi connectivity index (χ0) is 46.0. The number of halogens is 3. The van der Waals surface area contributed by atoms with Gasteiger partial charge < -0.3 is 43.4 Å². The van der Waals surface area contributed by atoms with Gasteiger partial charge in [0.15, 0.2) is 37.2 Å². The molecule has 13 unspecified atom stereocenters. The van der Waals surface area contributed by atoms with E-state index in [1.165, 1.54) is 6.20 Å². The van der Waals surface area contributed by atoms with Crippen LogP contribution in [0.15, 0.2) is 65.6 Å². The maximum absolute atomic E-state index is 15.3. The Hall–Kier alpha value is -4.61. The topological polar surface area (TPSA) is 279 Å². The molecule has 0 saturated carbocycles. The molecule has 62 heavy (non-hydrogen) atoms. The summed E-state index contributed by atoms with van der Waals surface area (Å²) in [4.78, 5) is 77.1. The van der Waals surface area contributed by atoms with Crippen LogP contribution in [0.25, 0.3) is 4.85 Å². The van der Waals surface area contributed by atoms with Gasteiger partial charge in [-0.15, -0.1) is 0 Å². The van der Waals surface area contributed by atoms with Crippen molar-refractivity contribution in [3.05, 3.63) is 111 Å². The van der Waals surface area contributed by atoms with Crippen molar-refractivity contribution in [2.45, 2.75) is 120 Å². The van der Waals surface area contributed by atoms with Crippen LogP contribution < -0.4 is 33.7 Å². The van der Waals surface area contributed by atoms with Crippen LogP contribution in [0.1, 0.15) is 59.2 Å². The lowest BCUT2D eigenvalue weighted by molar-refractivity contribution is -0.0491. The van der Waals surface area contributed by atoms with Crippen LogP contribution >= 0.6 is 8.53 Å². The van der Waals surface area contributed by atoms with Crippen molar-refractivity contribution in [3.63, 3.8) is 0 Å². The summed E-state index contributed by atoms with van der Waals surface area (Å²) in [5.41, 5.74) is -4.08. The van der Waals surface area contributed by atoms with E-state index in [2.05, 4.69) is 9.83 Å².